The van der Waals surface area contributed by atoms with Crippen molar-refractivity contribution in [3.8, 4) is 0 Å². The number of fused-ring (bicyclic) bond motifs is 2. The van der Waals surface area contributed by atoms with E-state index in [1.807, 2.05) is 48.5 Å². The first-order chi connectivity index (χ1) is 11.8. The van der Waals surface area contributed by atoms with E-state index in [2.05, 4.69) is 20.7 Å². The number of hydrogen-bond acceptors (Lipinski definition) is 5. The van der Waals surface area contributed by atoms with E-state index in [0.717, 1.165) is 27.4 Å². The van der Waals surface area contributed by atoms with E-state index in [4.69, 9.17) is 16.6 Å². The van der Waals surface area contributed by atoms with E-state index in [-0.39, 0.29) is 0 Å². The number of aromatic nitrogens is 3. The van der Waals surface area contributed by atoms with Gasteiger partial charge in [0.1, 0.15) is 0 Å². The Labute approximate surface area is 143 Å². The monoisotopic (exact) mass is 333 g/mol. The summed E-state index contributed by atoms with van der Waals surface area (Å²) in [6, 6.07) is 19.4. The van der Waals surface area contributed by atoms with Crippen LogP contribution in [-0.2, 0) is 0 Å². The SMILES string of the molecule is Clc1ccc(N/N=C\c2c3ccccc3nc3ccccc23)nn1. The van der Waals surface area contributed by atoms with Gasteiger partial charge in [0, 0.05) is 16.3 Å². The topological polar surface area (TPSA) is 63.1 Å². The second-order valence-electron chi connectivity index (χ2n) is 5.17. The van der Waals surface area contributed by atoms with Crippen LogP contribution in [0.1, 0.15) is 5.56 Å². The number of anilines is 1. The van der Waals surface area contributed by atoms with E-state index < -0.39 is 0 Å². The largest absolute Gasteiger partial charge is 0.260 e. The summed E-state index contributed by atoms with van der Waals surface area (Å²) in [5, 5.41) is 14.4. The average Bonchev–Trinajstić information content (AvgIpc) is 2.63. The lowest BCUT2D eigenvalue weighted by Gasteiger charge is -2.07. The molecule has 5 nitrogen and oxygen atoms in total. The molecule has 4 rings (SSSR count). The van der Waals surface area contributed by atoms with Crippen LogP contribution in [0.3, 0.4) is 0 Å². The Morgan fingerprint density at radius 3 is 2.12 bits per heavy atom. The number of nitrogens with zero attached hydrogens (tertiary/aromatic N) is 4. The summed E-state index contributed by atoms with van der Waals surface area (Å²) in [6.45, 7) is 0. The molecule has 0 bridgehead atoms. The van der Waals surface area contributed by atoms with Crippen molar-refractivity contribution < 1.29 is 0 Å². The van der Waals surface area contributed by atoms with Gasteiger partial charge in [-0.2, -0.15) is 5.10 Å². The van der Waals surface area contributed by atoms with Crippen molar-refractivity contribution in [2.45, 2.75) is 0 Å². The maximum Gasteiger partial charge on any atom is 0.168 e. The van der Waals surface area contributed by atoms with Gasteiger partial charge in [0.05, 0.1) is 17.2 Å². The normalized spacial score (nSPS) is 11.4. The van der Waals surface area contributed by atoms with Crippen LogP contribution in [0.5, 0.6) is 0 Å². The molecule has 0 aliphatic carbocycles. The van der Waals surface area contributed by atoms with Crippen LogP contribution in [0.2, 0.25) is 5.15 Å². The van der Waals surface area contributed by atoms with Crippen LogP contribution in [-0.4, -0.2) is 21.4 Å². The van der Waals surface area contributed by atoms with E-state index >= 15 is 0 Å². The molecular weight excluding hydrogens is 322 g/mol. The van der Waals surface area contributed by atoms with Crippen molar-refractivity contribution in [1.29, 1.82) is 0 Å². The minimum absolute atomic E-state index is 0.343. The minimum Gasteiger partial charge on any atom is -0.260 e. The van der Waals surface area contributed by atoms with E-state index in [0.29, 0.717) is 11.0 Å². The highest BCUT2D eigenvalue weighted by Crippen LogP contribution is 2.24. The molecule has 0 fully saturated rings. The van der Waals surface area contributed by atoms with Crippen LogP contribution in [0.25, 0.3) is 21.8 Å². The van der Waals surface area contributed by atoms with Gasteiger partial charge in [-0.25, -0.2) is 4.98 Å². The van der Waals surface area contributed by atoms with E-state index in [1.54, 1.807) is 18.3 Å². The van der Waals surface area contributed by atoms with Crippen LogP contribution in [0.4, 0.5) is 5.82 Å². The Morgan fingerprint density at radius 1 is 0.833 bits per heavy atom. The predicted molar refractivity (Wildman–Crippen MR) is 97.5 cm³/mol. The number of para-hydroxylation sites is 2. The third-order valence-corrected chi connectivity index (χ3v) is 3.84. The highest BCUT2D eigenvalue weighted by molar-refractivity contribution is 6.29. The first-order valence-corrected chi connectivity index (χ1v) is 7.75. The first-order valence-electron chi connectivity index (χ1n) is 7.37. The minimum atomic E-state index is 0.343. The summed E-state index contributed by atoms with van der Waals surface area (Å²) < 4.78 is 0. The van der Waals surface area contributed by atoms with Crippen molar-refractivity contribution in [2.24, 2.45) is 5.10 Å². The first kappa shape index (κ1) is 14.5. The van der Waals surface area contributed by atoms with E-state index in [1.165, 1.54) is 0 Å². The van der Waals surface area contributed by atoms with Gasteiger partial charge in [0.2, 0.25) is 0 Å². The lowest BCUT2D eigenvalue weighted by Crippen LogP contribution is -1.97. The molecule has 0 unspecified atom stereocenters. The molecule has 116 valence electrons. The van der Waals surface area contributed by atoms with Crippen molar-refractivity contribution in [3.05, 3.63) is 71.4 Å². The van der Waals surface area contributed by atoms with Crippen molar-refractivity contribution in [2.75, 3.05) is 5.43 Å². The Balaban J connectivity index is 1.78. The molecule has 0 amide bonds. The zero-order valence-electron chi connectivity index (χ0n) is 12.5. The summed E-state index contributed by atoms with van der Waals surface area (Å²) in [7, 11) is 0. The lowest BCUT2D eigenvalue weighted by molar-refractivity contribution is 1.02. The second-order valence-corrected chi connectivity index (χ2v) is 5.56. The summed E-state index contributed by atoms with van der Waals surface area (Å²) in [5.41, 5.74) is 5.74. The smallest absolute Gasteiger partial charge is 0.168 e. The van der Waals surface area contributed by atoms with Gasteiger partial charge in [0.25, 0.3) is 0 Å². The molecule has 0 spiro atoms. The summed E-state index contributed by atoms with van der Waals surface area (Å²) in [6.07, 6.45) is 1.78. The van der Waals surface area contributed by atoms with Crippen LogP contribution in [0, 0.1) is 0 Å². The molecule has 0 aliphatic heterocycles. The maximum absolute atomic E-state index is 5.73. The van der Waals surface area contributed by atoms with Gasteiger partial charge in [0.15, 0.2) is 11.0 Å². The highest BCUT2D eigenvalue weighted by atomic mass is 35.5. The number of rotatable bonds is 3. The Hall–Kier alpha value is -3.05. The fourth-order valence-electron chi connectivity index (χ4n) is 2.55. The second kappa shape index (κ2) is 6.22. The summed E-state index contributed by atoms with van der Waals surface area (Å²) >= 11 is 5.73. The number of hydrogen-bond donors (Lipinski definition) is 1. The zero-order valence-corrected chi connectivity index (χ0v) is 13.3. The van der Waals surface area contributed by atoms with Crippen molar-refractivity contribution >= 4 is 45.4 Å². The summed E-state index contributed by atoms with van der Waals surface area (Å²) in [5.74, 6) is 0.526. The molecule has 24 heavy (non-hydrogen) atoms. The molecule has 0 radical (unpaired) electrons. The molecule has 0 atom stereocenters. The number of nitrogens with one attached hydrogen (secondary N) is 1. The number of hydrazone groups is 1. The van der Waals surface area contributed by atoms with Crippen molar-refractivity contribution in [3.63, 3.8) is 0 Å². The molecule has 1 N–H and O–H groups in total. The summed E-state index contributed by atoms with van der Waals surface area (Å²) in [4.78, 5) is 4.70. The lowest BCUT2D eigenvalue weighted by atomic mass is 10.0. The van der Waals surface area contributed by atoms with Gasteiger partial charge in [-0.1, -0.05) is 48.0 Å². The molecular formula is C18H12ClN5. The molecule has 2 aromatic heterocycles. The quantitative estimate of drug-likeness (QED) is 0.345. The molecule has 0 aliphatic rings. The third-order valence-electron chi connectivity index (χ3n) is 3.63. The van der Waals surface area contributed by atoms with Gasteiger partial charge in [-0.3, -0.25) is 5.43 Å². The number of halogens is 1. The Kier molecular flexibility index (Phi) is 3.76. The zero-order chi connectivity index (χ0) is 16.4. The van der Waals surface area contributed by atoms with Crippen LogP contribution >= 0.6 is 11.6 Å². The molecule has 0 saturated carbocycles. The van der Waals surface area contributed by atoms with Crippen LogP contribution in [0.15, 0.2) is 65.8 Å². The van der Waals surface area contributed by atoms with Crippen molar-refractivity contribution in [1.82, 2.24) is 15.2 Å². The Morgan fingerprint density at radius 2 is 1.50 bits per heavy atom. The maximum atomic E-state index is 5.73. The number of benzene rings is 2. The molecule has 6 heteroatoms. The van der Waals surface area contributed by atoms with Gasteiger partial charge in [-0.15, -0.1) is 10.2 Å². The van der Waals surface area contributed by atoms with Gasteiger partial charge in [-0.05, 0) is 24.3 Å². The van der Waals surface area contributed by atoms with E-state index in [9.17, 15) is 0 Å². The average molecular weight is 334 g/mol. The third kappa shape index (κ3) is 2.77. The van der Waals surface area contributed by atoms with Gasteiger partial charge < -0.3 is 0 Å². The highest BCUT2D eigenvalue weighted by Gasteiger charge is 2.06. The predicted octanol–water partition coefficient (Wildman–Crippen LogP) is 4.28. The molecule has 2 heterocycles. The molecule has 0 saturated heterocycles. The Bertz CT molecular complexity index is 990. The number of pyridine rings is 1. The fraction of sp³-hybridized carbons (Fsp3) is 0. The molecule has 2 aromatic carbocycles. The molecule has 4 aromatic rings. The standard InChI is InChI=1S/C18H12ClN5/c19-17-9-10-18(24-22-17)23-20-11-14-12-5-1-3-7-15(12)21-16-8-4-2-6-13(14)16/h1-11H,(H,23,24)/b20-11-. The fourth-order valence-corrected chi connectivity index (χ4v) is 2.65. The van der Waals surface area contributed by atoms with Gasteiger partial charge >= 0.3 is 0 Å². The van der Waals surface area contributed by atoms with Crippen LogP contribution < -0.4 is 5.43 Å².